The first-order chi connectivity index (χ1) is 13.0. The quantitative estimate of drug-likeness (QED) is 0.823. The van der Waals surface area contributed by atoms with Gasteiger partial charge in [0.05, 0.1) is 6.20 Å². The first-order valence-electron chi connectivity index (χ1n) is 8.78. The average Bonchev–Trinajstić information content (AvgIpc) is 2.92. The Labute approximate surface area is 163 Å². The molecule has 2 heterocycles. The highest BCUT2D eigenvalue weighted by Crippen LogP contribution is 2.14. The number of aromatic nitrogens is 2. The Morgan fingerprint density at radius 1 is 1.11 bits per heavy atom. The van der Waals surface area contributed by atoms with Gasteiger partial charge in [-0.05, 0) is 36.8 Å². The molecule has 1 saturated heterocycles. The van der Waals surface area contributed by atoms with E-state index in [1.165, 1.54) is 0 Å². The molecule has 7 nitrogen and oxygen atoms in total. The van der Waals surface area contributed by atoms with Crippen molar-refractivity contribution < 1.29 is 9.59 Å². The third kappa shape index (κ3) is 5.34. The number of rotatable bonds is 3. The predicted octanol–water partition coefficient (Wildman–Crippen LogP) is 2.85. The van der Waals surface area contributed by atoms with Crippen LogP contribution in [0.25, 0.3) is 6.08 Å². The van der Waals surface area contributed by atoms with Gasteiger partial charge in [-0.15, -0.1) is 0 Å². The summed E-state index contributed by atoms with van der Waals surface area (Å²) < 4.78 is 1.69. The van der Waals surface area contributed by atoms with Crippen molar-refractivity contribution in [1.29, 1.82) is 0 Å². The SMILES string of the molecule is Cn1cc(/C=C/C(=O)N2CCCN(C(=O)Nc3ccc(Cl)cc3)CC2)cn1. The van der Waals surface area contributed by atoms with Gasteiger partial charge in [-0.25, -0.2) is 4.79 Å². The topological polar surface area (TPSA) is 70.5 Å². The fourth-order valence-electron chi connectivity index (χ4n) is 2.88. The Morgan fingerprint density at radius 2 is 1.81 bits per heavy atom. The molecule has 142 valence electrons. The molecular formula is C19H22ClN5O2. The van der Waals surface area contributed by atoms with Gasteiger partial charge in [0.25, 0.3) is 0 Å². The Kier molecular flexibility index (Phi) is 6.13. The number of hydrogen-bond acceptors (Lipinski definition) is 3. The lowest BCUT2D eigenvalue weighted by Gasteiger charge is -2.22. The molecule has 0 bridgehead atoms. The van der Waals surface area contributed by atoms with Crippen molar-refractivity contribution >= 4 is 35.3 Å². The number of amides is 3. The van der Waals surface area contributed by atoms with Crippen LogP contribution >= 0.6 is 11.6 Å². The molecule has 1 aliphatic rings. The number of anilines is 1. The van der Waals surface area contributed by atoms with Crippen LogP contribution in [0.1, 0.15) is 12.0 Å². The molecule has 8 heteroatoms. The summed E-state index contributed by atoms with van der Waals surface area (Å²) in [6.45, 7) is 2.23. The molecule has 0 atom stereocenters. The van der Waals surface area contributed by atoms with Crippen LogP contribution in [0, 0.1) is 0 Å². The first-order valence-corrected chi connectivity index (χ1v) is 9.16. The van der Waals surface area contributed by atoms with Crippen molar-refractivity contribution in [3.63, 3.8) is 0 Å². The number of carbonyl (C=O) groups excluding carboxylic acids is 2. The van der Waals surface area contributed by atoms with Crippen LogP contribution in [0.5, 0.6) is 0 Å². The highest BCUT2D eigenvalue weighted by molar-refractivity contribution is 6.30. The van der Waals surface area contributed by atoms with E-state index in [0.29, 0.717) is 36.9 Å². The van der Waals surface area contributed by atoms with Crippen LogP contribution < -0.4 is 5.32 Å². The minimum atomic E-state index is -0.169. The molecule has 1 aromatic carbocycles. The third-order valence-electron chi connectivity index (χ3n) is 4.33. The lowest BCUT2D eigenvalue weighted by molar-refractivity contribution is -0.125. The number of nitrogens with zero attached hydrogens (tertiary/aromatic N) is 4. The molecule has 1 aromatic heterocycles. The number of nitrogens with one attached hydrogen (secondary N) is 1. The number of benzene rings is 1. The van der Waals surface area contributed by atoms with Gasteiger partial charge in [-0.1, -0.05) is 11.6 Å². The van der Waals surface area contributed by atoms with Gasteiger partial charge in [-0.2, -0.15) is 5.10 Å². The minimum Gasteiger partial charge on any atom is -0.337 e. The number of halogens is 1. The van der Waals surface area contributed by atoms with E-state index >= 15 is 0 Å². The van der Waals surface area contributed by atoms with Crippen LogP contribution in [0.4, 0.5) is 10.5 Å². The highest BCUT2D eigenvalue weighted by atomic mass is 35.5. The molecule has 27 heavy (non-hydrogen) atoms. The number of carbonyl (C=O) groups is 2. The van der Waals surface area contributed by atoms with E-state index in [0.717, 1.165) is 12.0 Å². The maximum absolute atomic E-state index is 12.4. The van der Waals surface area contributed by atoms with Crippen LogP contribution in [-0.2, 0) is 11.8 Å². The third-order valence-corrected chi connectivity index (χ3v) is 4.59. The van der Waals surface area contributed by atoms with Gasteiger partial charge < -0.3 is 15.1 Å². The summed E-state index contributed by atoms with van der Waals surface area (Å²) in [4.78, 5) is 28.4. The molecule has 1 N–H and O–H groups in total. The lowest BCUT2D eigenvalue weighted by Crippen LogP contribution is -2.39. The maximum atomic E-state index is 12.4. The standard InChI is InChI=1S/C19H22ClN5O2/c1-23-14-15(13-21-23)3-8-18(26)24-9-2-10-25(12-11-24)19(27)22-17-6-4-16(20)5-7-17/h3-8,13-14H,2,9-12H2,1H3,(H,22,27)/b8-3+. The van der Waals surface area contributed by atoms with Gasteiger partial charge in [0.2, 0.25) is 5.91 Å². The van der Waals surface area contributed by atoms with Crippen molar-refractivity contribution in [2.24, 2.45) is 7.05 Å². The molecular weight excluding hydrogens is 366 g/mol. The number of aryl methyl sites for hydroxylation is 1. The summed E-state index contributed by atoms with van der Waals surface area (Å²) in [5, 5.41) is 7.56. The zero-order valence-electron chi connectivity index (χ0n) is 15.1. The van der Waals surface area contributed by atoms with E-state index in [1.54, 1.807) is 57.1 Å². The Bertz CT molecular complexity index is 831. The average molecular weight is 388 g/mol. The van der Waals surface area contributed by atoms with E-state index in [9.17, 15) is 9.59 Å². The summed E-state index contributed by atoms with van der Waals surface area (Å²) in [6.07, 6.45) is 7.59. The van der Waals surface area contributed by atoms with Gasteiger partial charge in [0, 0.05) is 61.8 Å². The Morgan fingerprint density at radius 3 is 2.52 bits per heavy atom. The second kappa shape index (κ2) is 8.73. The van der Waals surface area contributed by atoms with E-state index in [1.807, 2.05) is 13.2 Å². The van der Waals surface area contributed by atoms with Crippen molar-refractivity contribution in [2.75, 3.05) is 31.5 Å². The second-order valence-electron chi connectivity index (χ2n) is 6.38. The number of urea groups is 1. The van der Waals surface area contributed by atoms with Crippen LogP contribution in [0.2, 0.25) is 5.02 Å². The van der Waals surface area contributed by atoms with Gasteiger partial charge >= 0.3 is 6.03 Å². The predicted molar refractivity (Wildman–Crippen MR) is 105 cm³/mol. The summed E-state index contributed by atoms with van der Waals surface area (Å²) in [7, 11) is 1.83. The Hall–Kier alpha value is -2.80. The maximum Gasteiger partial charge on any atom is 0.321 e. The van der Waals surface area contributed by atoms with E-state index < -0.39 is 0 Å². The molecule has 0 unspecified atom stereocenters. The zero-order valence-corrected chi connectivity index (χ0v) is 15.9. The Balaban J connectivity index is 1.53. The monoisotopic (exact) mass is 387 g/mol. The van der Waals surface area contributed by atoms with E-state index in [4.69, 9.17) is 11.6 Å². The van der Waals surface area contributed by atoms with Crippen LogP contribution in [-0.4, -0.2) is 57.7 Å². The van der Waals surface area contributed by atoms with E-state index in [-0.39, 0.29) is 11.9 Å². The second-order valence-corrected chi connectivity index (χ2v) is 6.82. The van der Waals surface area contributed by atoms with Crippen molar-refractivity contribution in [3.05, 3.63) is 53.3 Å². The summed E-state index contributed by atoms with van der Waals surface area (Å²) >= 11 is 5.86. The van der Waals surface area contributed by atoms with Gasteiger partial charge in [-0.3, -0.25) is 9.48 Å². The molecule has 1 fully saturated rings. The van der Waals surface area contributed by atoms with Crippen LogP contribution in [0.15, 0.2) is 42.7 Å². The molecule has 0 saturated carbocycles. The molecule has 2 aromatic rings. The fraction of sp³-hybridized carbons (Fsp3) is 0.316. The summed E-state index contributed by atoms with van der Waals surface area (Å²) in [5.74, 6) is -0.0567. The van der Waals surface area contributed by atoms with Crippen molar-refractivity contribution in [3.8, 4) is 0 Å². The van der Waals surface area contributed by atoms with E-state index in [2.05, 4.69) is 10.4 Å². The molecule has 0 spiro atoms. The molecule has 3 amide bonds. The van der Waals surface area contributed by atoms with Crippen LogP contribution in [0.3, 0.4) is 0 Å². The lowest BCUT2D eigenvalue weighted by atomic mass is 10.3. The first kappa shape index (κ1) is 19.0. The molecule has 0 aliphatic carbocycles. The van der Waals surface area contributed by atoms with Gasteiger partial charge in [0.15, 0.2) is 0 Å². The largest absolute Gasteiger partial charge is 0.337 e. The molecule has 3 rings (SSSR count). The zero-order chi connectivity index (χ0) is 19.2. The van der Waals surface area contributed by atoms with Crippen molar-refractivity contribution in [1.82, 2.24) is 19.6 Å². The highest BCUT2D eigenvalue weighted by Gasteiger charge is 2.21. The van der Waals surface area contributed by atoms with Crippen molar-refractivity contribution in [2.45, 2.75) is 6.42 Å². The molecule has 1 aliphatic heterocycles. The summed E-state index contributed by atoms with van der Waals surface area (Å²) in [6, 6.07) is 6.81. The fourth-order valence-corrected chi connectivity index (χ4v) is 3.00. The minimum absolute atomic E-state index is 0.0567. The smallest absolute Gasteiger partial charge is 0.321 e. The normalized spacial score (nSPS) is 15.0. The number of hydrogen-bond donors (Lipinski definition) is 1. The van der Waals surface area contributed by atoms with Gasteiger partial charge in [0.1, 0.15) is 0 Å². The summed E-state index contributed by atoms with van der Waals surface area (Å²) in [5.41, 5.74) is 1.57. The molecule has 0 radical (unpaired) electrons.